The van der Waals surface area contributed by atoms with Crippen molar-refractivity contribution in [2.45, 2.75) is 34.1 Å². The number of hydrogen-bond acceptors (Lipinski definition) is 6. The van der Waals surface area contributed by atoms with Crippen LogP contribution in [-0.4, -0.2) is 37.7 Å². The van der Waals surface area contributed by atoms with Crippen molar-refractivity contribution in [2.24, 2.45) is 11.8 Å². The molecule has 0 heterocycles. The van der Waals surface area contributed by atoms with Gasteiger partial charge in [0, 0.05) is 0 Å². The summed E-state index contributed by atoms with van der Waals surface area (Å²) in [4.78, 5) is 34.9. The van der Waals surface area contributed by atoms with Crippen LogP contribution in [0, 0.1) is 11.8 Å². The summed E-state index contributed by atoms with van der Waals surface area (Å²) < 4.78 is 14.5. The molecule has 0 aromatic rings. The van der Waals surface area contributed by atoms with Gasteiger partial charge in [-0.15, -0.1) is 0 Å². The lowest BCUT2D eigenvalue weighted by Crippen LogP contribution is -2.33. The van der Waals surface area contributed by atoms with Crippen LogP contribution < -0.4 is 0 Å². The van der Waals surface area contributed by atoms with E-state index >= 15 is 0 Å². The maximum absolute atomic E-state index is 11.8. The predicted octanol–water partition coefficient (Wildman–Crippen LogP) is 1.32. The van der Waals surface area contributed by atoms with Crippen molar-refractivity contribution in [3.05, 3.63) is 0 Å². The minimum absolute atomic E-state index is 0.188. The Morgan fingerprint density at radius 3 is 1.79 bits per heavy atom. The summed E-state index contributed by atoms with van der Waals surface area (Å²) in [6.07, 6.45) is -0.188. The minimum atomic E-state index is -0.877. The van der Waals surface area contributed by atoms with Gasteiger partial charge in [0.05, 0.1) is 38.1 Å². The van der Waals surface area contributed by atoms with Crippen LogP contribution in [0.4, 0.5) is 0 Å². The fourth-order valence-corrected chi connectivity index (χ4v) is 1.55. The topological polar surface area (TPSA) is 78.9 Å². The van der Waals surface area contributed by atoms with E-state index in [-0.39, 0.29) is 26.2 Å². The maximum atomic E-state index is 11.8. The third-order valence-electron chi connectivity index (χ3n) is 2.54. The van der Waals surface area contributed by atoms with E-state index in [0.29, 0.717) is 0 Å². The average molecular weight is 274 g/mol. The molecule has 0 aliphatic carbocycles. The van der Waals surface area contributed by atoms with Crippen molar-refractivity contribution in [3.63, 3.8) is 0 Å². The zero-order valence-corrected chi connectivity index (χ0v) is 11.9. The maximum Gasteiger partial charge on any atom is 0.310 e. The van der Waals surface area contributed by atoms with E-state index < -0.39 is 29.7 Å². The van der Waals surface area contributed by atoms with Crippen LogP contribution in [0.3, 0.4) is 0 Å². The van der Waals surface area contributed by atoms with Gasteiger partial charge in [0.1, 0.15) is 0 Å². The van der Waals surface area contributed by atoms with E-state index in [9.17, 15) is 14.4 Å². The lowest BCUT2D eigenvalue weighted by atomic mass is 9.91. The Bertz CT molecular complexity index is 312. The molecule has 2 atom stereocenters. The molecule has 110 valence electrons. The van der Waals surface area contributed by atoms with Crippen LogP contribution in [-0.2, 0) is 28.6 Å². The molecule has 0 radical (unpaired) electrons. The predicted molar refractivity (Wildman–Crippen MR) is 67.2 cm³/mol. The van der Waals surface area contributed by atoms with Crippen LogP contribution in [0.2, 0.25) is 0 Å². The van der Waals surface area contributed by atoms with E-state index in [2.05, 4.69) is 0 Å². The summed E-state index contributed by atoms with van der Waals surface area (Å²) >= 11 is 0. The zero-order valence-electron chi connectivity index (χ0n) is 11.9. The smallest absolute Gasteiger partial charge is 0.310 e. The highest BCUT2D eigenvalue weighted by atomic mass is 16.5. The molecule has 0 aromatic carbocycles. The van der Waals surface area contributed by atoms with Gasteiger partial charge >= 0.3 is 17.9 Å². The second-order valence-electron chi connectivity index (χ2n) is 3.91. The summed E-state index contributed by atoms with van der Waals surface area (Å²) in [6.45, 7) is 7.18. The lowest BCUT2D eigenvalue weighted by molar-refractivity contribution is -0.163. The molecule has 0 bridgehead atoms. The van der Waals surface area contributed by atoms with Crippen LogP contribution in [0.25, 0.3) is 0 Å². The quantitative estimate of drug-likeness (QED) is 0.490. The fourth-order valence-electron chi connectivity index (χ4n) is 1.55. The Hall–Kier alpha value is -1.59. The SMILES string of the molecule is CCOC(=O)CC(C(=O)OCC)C(C)C(=O)OCC. The molecule has 2 unspecified atom stereocenters. The average Bonchev–Trinajstić information content (AvgIpc) is 2.36. The van der Waals surface area contributed by atoms with Gasteiger partial charge in [-0.05, 0) is 20.8 Å². The number of ether oxygens (including phenoxy) is 3. The molecule has 0 spiro atoms. The summed E-state index contributed by atoms with van der Waals surface area (Å²) in [6, 6.07) is 0. The molecule has 0 aliphatic rings. The molecule has 6 heteroatoms. The van der Waals surface area contributed by atoms with E-state index in [0.717, 1.165) is 0 Å². The number of carbonyl (C=O) groups excluding carboxylic acids is 3. The van der Waals surface area contributed by atoms with Crippen LogP contribution in [0.15, 0.2) is 0 Å². The Kier molecular flexibility index (Phi) is 8.57. The number of carbonyl (C=O) groups is 3. The summed E-state index contributed by atoms with van der Waals surface area (Å²) in [5, 5.41) is 0. The van der Waals surface area contributed by atoms with Gasteiger partial charge < -0.3 is 14.2 Å². The number of rotatable bonds is 8. The molecule has 0 aromatic heterocycles. The van der Waals surface area contributed by atoms with Gasteiger partial charge in [0.15, 0.2) is 0 Å². The third kappa shape index (κ3) is 6.22. The molecule has 0 aliphatic heterocycles. The molecular formula is C13H22O6. The van der Waals surface area contributed by atoms with Gasteiger partial charge in [-0.2, -0.15) is 0 Å². The highest BCUT2D eigenvalue weighted by Gasteiger charge is 2.34. The standard InChI is InChI=1S/C13H22O6/c1-5-17-11(14)8-10(13(16)19-7-3)9(4)12(15)18-6-2/h9-10H,5-8H2,1-4H3. The van der Waals surface area contributed by atoms with Crippen LogP contribution in [0.1, 0.15) is 34.1 Å². The number of hydrogen-bond donors (Lipinski definition) is 0. The van der Waals surface area contributed by atoms with E-state index in [1.807, 2.05) is 0 Å². The molecule has 0 amide bonds. The monoisotopic (exact) mass is 274 g/mol. The van der Waals surface area contributed by atoms with Gasteiger partial charge in [-0.1, -0.05) is 6.92 Å². The van der Waals surface area contributed by atoms with Crippen molar-refractivity contribution in [2.75, 3.05) is 19.8 Å². The molecule has 19 heavy (non-hydrogen) atoms. The van der Waals surface area contributed by atoms with Gasteiger partial charge in [0.25, 0.3) is 0 Å². The van der Waals surface area contributed by atoms with Crippen LogP contribution in [0.5, 0.6) is 0 Å². The second kappa shape index (κ2) is 9.35. The van der Waals surface area contributed by atoms with E-state index in [1.54, 1.807) is 27.7 Å². The Morgan fingerprint density at radius 2 is 1.32 bits per heavy atom. The number of esters is 3. The first-order valence-corrected chi connectivity index (χ1v) is 6.46. The molecule has 0 rings (SSSR count). The zero-order chi connectivity index (χ0) is 14.8. The molecule has 6 nitrogen and oxygen atoms in total. The second-order valence-corrected chi connectivity index (χ2v) is 3.91. The molecule has 0 saturated heterocycles. The van der Waals surface area contributed by atoms with Crippen LogP contribution >= 0.6 is 0 Å². The highest BCUT2D eigenvalue weighted by molar-refractivity contribution is 5.85. The molecule has 0 saturated carbocycles. The summed E-state index contributed by atoms with van der Waals surface area (Å²) in [5.74, 6) is -3.26. The first-order chi connectivity index (χ1) is 8.97. The van der Waals surface area contributed by atoms with Crippen molar-refractivity contribution < 1.29 is 28.6 Å². The van der Waals surface area contributed by atoms with E-state index in [1.165, 1.54) is 0 Å². The van der Waals surface area contributed by atoms with Crippen molar-refractivity contribution in [1.29, 1.82) is 0 Å². The third-order valence-corrected chi connectivity index (χ3v) is 2.54. The van der Waals surface area contributed by atoms with Crippen molar-refractivity contribution >= 4 is 17.9 Å². The minimum Gasteiger partial charge on any atom is -0.466 e. The first kappa shape index (κ1) is 17.4. The Balaban J connectivity index is 4.79. The molecule has 0 N–H and O–H groups in total. The van der Waals surface area contributed by atoms with Gasteiger partial charge in [-0.3, -0.25) is 14.4 Å². The Labute approximate surface area is 113 Å². The molecule has 0 fully saturated rings. The van der Waals surface area contributed by atoms with Crippen molar-refractivity contribution in [3.8, 4) is 0 Å². The fraction of sp³-hybridized carbons (Fsp3) is 0.769. The van der Waals surface area contributed by atoms with E-state index in [4.69, 9.17) is 14.2 Å². The molecular weight excluding hydrogens is 252 g/mol. The first-order valence-electron chi connectivity index (χ1n) is 6.46. The summed E-state index contributed by atoms with van der Waals surface area (Å²) in [7, 11) is 0. The van der Waals surface area contributed by atoms with Gasteiger partial charge in [-0.25, -0.2) is 0 Å². The van der Waals surface area contributed by atoms with Crippen molar-refractivity contribution in [1.82, 2.24) is 0 Å². The largest absolute Gasteiger partial charge is 0.466 e. The van der Waals surface area contributed by atoms with Gasteiger partial charge in [0.2, 0.25) is 0 Å². The normalized spacial score (nSPS) is 13.3. The summed E-state index contributed by atoms with van der Waals surface area (Å²) in [5.41, 5.74) is 0. The lowest BCUT2D eigenvalue weighted by Gasteiger charge is -2.20. The highest BCUT2D eigenvalue weighted by Crippen LogP contribution is 2.20. The Morgan fingerprint density at radius 1 is 0.842 bits per heavy atom.